The minimum atomic E-state index is -2.93. The van der Waals surface area contributed by atoms with Gasteiger partial charge in [-0.15, -0.1) is 0 Å². The number of hydrogen-bond acceptors (Lipinski definition) is 3. The van der Waals surface area contributed by atoms with Gasteiger partial charge in [0.15, 0.2) is 0 Å². The molecule has 122 valence electrons. The summed E-state index contributed by atoms with van der Waals surface area (Å²) in [7, 11) is 0. The maximum absolute atomic E-state index is 12.0. The molecule has 0 saturated carbocycles. The van der Waals surface area contributed by atoms with Crippen LogP contribution in [0.15, 0.2) is 36.4 Å². The molecule has 0 aliphatic heterocycles. The summed E-state index contributed by atoms with van der Waals surface area (Å²) >= 11 is 17.7. The summed E-state index contributed by atoms with van der Waals surface area (Å²) in [4.78, 5) is 12.0. The lowest BCUT2D eigenvalue weighted by atomic mass is 10.2. The number of ether oxygens (including phenoxy) is 1. The molecule has 2 aromatic rings. The number of anilines is 1. The number of benzene rings is 2. The fourth-order valence-electron chi connectivity index (χ4n) is 1.64. The smallest absolute Gasteiger partial charge is 0.387 e. The normalized spacial score (nSPS) is 10.5. The quantitative estimate of drug-likeness (QED) is 0.716. The van der Waals surface area contributed by atoms with Crippen LogP contribution < -0.4 is 15.6 Å². The van der Waals surface area contributed by atoms with Crippen molar-refractivity contribution < 1.29 is 18.3 Å². The zero-order valence-electron chi connectivity index (χ0n) is 11.2. The molecule has 0 radical (unpaired) electrons. The van der Waals surface area contributed by atoms with Gasteiger partial charge in [0.2, 0.25) is 0 Å². The Labute approximate surface area is 145 Å². The summed E-state index contributed by atoms with van der Waals surface area (Å²) in [5, 5.41) is 0.804. The van der Waals surface area contributed by atoms with Gasteiger partial charge >= 0.3 is 6.61 Å². The van der Waals surface area contributed by atoms with Gasteiger partial charge in [0, 0.05) is 10.6 Å². The van der Waals surface area contributed by atoms with Gasteiger partial charge in [0.25, 0.3) is 5.91 Å². The predicted octanol–water partition coefficient (Wildman–Crippen LogP) is 5.01. The highest BCUT2D eigenvalue weighted by atomic mass is 35.5. The van der Waals surface area contributed by atoms with E-state index in [-0.39, 0.29) is 27.0 Å². The van der Waals surface area contributed by atoms with Crippen molar-refractivity contribution in [2.24, 2.45) is 0 Å². The molecule has 0 saturated heterocycles. The van der Waals surface area contributed by atoms with E-state index in [0.717, 1.165) is 0 Å². The summed E-state index contributed by atoms with van der Waals surface area (Å²) in [6.07, 6.45) is 0. The lowest BCUT2D eigenvalue weighted by Gasteiger charge is -2.12. The molecule has 0 atom stereocenters. The van der Waals surface area contributed by atoms with Crippen molar-refractivity contribution in [1.82, 2.24) is 5.43 Å². The van der Waals surface area contributed by atoms with Gasteiger partial charge < -0.3 is 4.74 Å². The molecule has 23 heavy (non-hydrogen) atoms. The Morgan fingerprint density at radius 2 is 1.61 bits per heavy atom. The Kier molecular flexibility index (Phi) is 5.87. The van der Waals surface area contributed by atoms with Crippen molar-refractivity contribution in [3.63, 3.8) is 0 Å². The molecule has 0 bridgehead atoms. The minimum Gasteiger partial charge on any atom is -0.435 e. The predicted molar refractivity (Wildman–Crippen MR) is 85.6 cm³/mol. The molecule has 0 spiro atoms. The highest BCUT2D eigenvalue weighted by Gasteiger charge is 2.11. The van der Waals surface area contributed by atoms with Crippen LogP contribution in [-0.4, -0.2) is 12.5 Å². The fraction of sp³-hybridized carbons (Fsp3) is 0.0714. The lowest BCUT2D eigenvalue weighted by molar-refractivity contribution is -0.0498. The van der Waals surface area contributed by atoms with Crippen molar-refractivity contribution in [3.8, 4) is 5.75 Å². The van der Waals surface area contributed by atoms with Crippen molar-refractivity contribution in [2.75, 3.05) is 5.43 Å². The SMILES string of the molecule is O=C(NNc1c(Cl)cc(Cl)cc1Cl)c1ccc(OC(F)F)cc1. The molecule has 2 rings (SSSR count). The number of nitrogens with one attached hydrogen (secondary N) is 2. The van der Waals surface area contributed by atoms with Crippen molar-refractivity contribution in [1.29, 1.82) is 0 Å². The Morgan fingerprint density at radius 3 is 2.13 bits per heavy atom. The first-order valence-electron chi connectivity index (χ1n) is 6.12. The van der Waals surface area contributed by atoms with Crippen molar-refractivity contribution in [2.45, 2.75) is 6.61 Å². The van der Waals surface area contributed by atoms with Crippen LogP contribution in [0.25, 0.3) is 0 Å². The molecular weight excluding hydrogens is 373 g/mol. The van der Waals surface area contributed by atoms with Gasteiger partial charge in [0.1, 0.15) is 5.75 Å². The zero-order chi connectivity index (χ0) is 17.0. The van der Waals surface area contributed by atoms with Crippen LogP contribution in [-0.2, 0) is 0 Å². The third kappa shape index (κ3) is 4.86. The van der Waals surface area contributed by atoms with Gasteiger partial charge in [-0.25, -0.2) is 0 Å². The van der Waals surface area contributed by atoms with Gasteiger partial charge in [0.05, 0.1) is 15.7 Å². The zero-order valence-corrected chi connectivity index (χ0v) is 13.5. The van der Waals surface area contributed by atoms with E-state index in [0.29, 0.717) is 5.02 Å². The third-order valence-corrected chi connectivity index (χ3v) is 3.46. The number of rotatable bonds is 5. The molecule has 9 heteroatoms. The van der Waals surface area contributed by atoms with Crippen molar-refractivity contribution in [3.05, 3.63) is 57.0 Å². The summed E-state index contributed by atoms with van der Waals surface area (Å²) in [6.45, 7) is -2.93. The van der Waals surface area contributed by atoms with Crippen LogP contribution in [0.5, 0.6) is 5.75 Å². The Hall–Kier alpha value is -1.76. The molecular formula is C14H9Cl3F2N2O2. The summed E-state index contributed by atoms with van der Waals surface area (Å²) in [5.41, 5.74) is 5.47. The number of amides is 1. The number of alkyl halides is 2. The summed E-state index contributed by atoms with van der Waals surface area (Å²) in [5.74, 6) is -0.566. The van der Waals surface area contributed by atoms with E-state index >= 15 is 0 Å². The first kappa shape index (κ1) is 17.6. The molecule has 0 aromatic heterocycles. The number of halogens is 5. The van der Waals surface area contributed by atoms with Crippen LogP contribution in [0.1, 0.15) is 10.4 Å². The van der Waals surface area contributed by atoms with Crippen LogP contribution in [0.4, 0.5) is 14.5 Å². The van der Waals surface area contributed by atoms with Crippen LogP contribution in [0.2, 0.25) is 15.1 Å². The van der Waals surface area contributed by atoms with Gasteiger partial charge in [-0.2, -0.15) is 8.78 Å². The van der Waals surface area contributed by atoms with Gasteiger partial charge in [-0.1, -0.05) is 34.8 Å². The fourth-order valence-corrected chi connectivity index (χ4v) is 2.55. The third-order valence-electron chi connectivity index (χ3n) is 2.65. The van der Waals surface area contributed by atoms with Crippen LogP contribution in [0.3, 0.4) is 0 Å². The molecule has 0 aliphatic carbocycles. The molecule has 0 unspecified atom stereocenters. The summed E-state index contributed by atoms with van der Waals surface area (Å²) in [6, 6.07) is 8.09. The number of hydrazine groups is 1. The van der Waals surface area contributed by atoms with E-state index in [1.165, 1.54) is 36.4 Å². The van der Waals surface area contributed by atoms with Crippen LogP contribution in [0, 0.1) is 0 Å². The van der Waals surface area contributed by atoms with E-state index in [1.54, 1.807) is 0 Å². The van der Waals surface area contributed by atoms with Crippen LogP contribution >= 0.6 is 34.8 Å². The van der Waals surface area contributed by atoms with E-state index in [1.807, 2.05) is 0 Å². The maximum atomic E-state index is 12.0. The number of hydrogen-bond donors (Lipinski definition) is 2. The van der Waals surface area contributed by atoms with E-state index in [9.17, 15) is 13.6 Å². The van der Waals surface area contributed by atoms with E-state index in [4.69, 9.17) is 34.8 Å². The van der Waals surface area contributed by atoms with Gasteiger partial charge in [-0.3, -0.25) is 15.6 Å². The summed E-state index contributed by atoms with van der Waals surface area (Å²) < 4.78 is 28.3. The highest BCUT2D eigenvalue weighted by Crippen LogP contribution is 2.33. The molecule has 1 amide bonds. The van der Waals surface area contributed by atoms with E-state index < -0.39 is 12.5 Å². The minimum absolute atomic E-state index is 0.0479. The van der Waals surface area contributed by atoms with Crippen molar-refractivity contribution >= 4 is 46.4 Å². The molecule has 0 fully saturated rings. The number of carbonyl (C=O) groups excluding carboxylic acids is 1. The largest absolute Gasteiger partial charge is 0.435 e. The molecule has 4 nitrogen and oxygen atoms in total. The standard InChI is InChI=1S/C14H9Cl3F2N2O2/c15-8-5-10(16)12(11(17)6-8)20-21-13(22)7-1-3-9(4-2-7)23-14(18)19/h1-6,14,20H,(H,21,22). The molecule has 0 heterocycles. The second-order valence-electron chi connectivity index (χ2n) is 4.23. The second-order valence-corrected chi connectivity index (χ2v) is 5.48. The maximum Gasteiger partial charge on any atom is 0.387 e. The molecule has 2 aromatic carbocycles. The average molecular weight is 382 g/mol. The second kappa shape index (κ2) is 7.68. The first-order valence-corrected chi connectivity index (χ1v) is 7.26. The van der Waals surface area contributed by atoms with E-state index in [2.05, 4.69) is 15.6 Å². The van der Waals surface area contributed by atoms with Gasteiger partial charge in [-0.05, 0) is 36.4 Å². The Balaban J connectivity index is 2.02. The Bertz CT molecular complexity index is 689. The first-order chi connectivity index (χ1) is 10.9. The lowest BCUT2D eigenvalue weighted by Crippen LogP contribution is -2.29. The number of carbonyl (C=O) groups is 1. The monoisotopic (exact) mass is 380 g/mol. The molecule has 0 aliphatic rings. The Morgan fingerprint density at radius 1 is 1.04 bits per heavy atom. The average Bonchev–Trinajstić information content (AvgIpc) is 2.46. The molecule has 2 N–H and O–H groups in total. The topological polar surface area (TPSA) is 50.4 Å². The highest BCUT2D eigenvalue weighted by molar-refractivity contribution is 6.41.